The van der Waals surface area contributed by atoms with Crippen LogP contribution < -0.4 is 20.5 Å². The largest absolute Gasteiger partial charge is 0.496 e. The van der Waals surface area contributed by atoms with E-state index in [1.54, 1.807) is 13.3 Å². The zero-order valence-electron chi connectivity index (χ0n) is 16.4. The number of pyridine rings is 1. The number of benzene rings is 2. The molecule has 0 radical (unpaired) electrons. The van der Waals surface area contributed by atoms with Crippen LogP contribution in [0.15, 0.2) is 66.9 Å². The Morgan fingerprint density at radius 2 is 1.89 bits per heavy atom. The number of nitrogens with one attached hydrogen (secondary N) is 1. The van der Waals surface area contributed by atoms with Crippen LogP contribution in [0.4, 0.5) is 0 Å². The average Bonchev–Trinajstić information content (AvgIpc) is 2.76. The number of nitrogens with two attached hydrogens (primary N) is 1. The molecule has 0 bridgehead atoms. The maximum atomic E-state index is 5.55. The SMILES string of the molecule is COc1ccc(CN[C@H](C)c2ccccc2)cc1-c1ccc(OCCN)nc1. The molecule has 2 aromatic carbocycles. The van der Waals surface area contributed by atoms with Crippen molar-refractivity contribution in [3.05, 3.63) is 78.0 Å². The summed E-state index contributed by atoms with van der Waals surface area (Å²) in [5.41, 5.74) is 9.91. The number of hydrogen-bond donors (Lipinski definition) is 2. The lowest BCUT2D eigenvalue weighted by atomic mass is 10.0. The summed E-state index contributed by atoms with van der Waals surface area (Å²) in [7, 11) is 1.68. The van der Waals surface area contributed by atoms with Crippen LogP contribution >= 0.6 is 0 Å². The minimum absolute atomic E-state index is 0.271. The van der Waals surface area contributed by atoms with E-state index in [4.69, 9.17) is 15.2 Å². The van der Waals surface area contributed by atoms with E-state index >= 15 is 0 Å². The number of hydrogen-bond acceptors (Lipinski definition) is 5. The molecule has 0 fully saturated rings. The Kier molecular flexibility index (Phi) is 7.00. The fourth-order valence-electron chi connectivity index (χ4n) is 3.01. The van der Waals surface area contributed by atoms with Gasteiger partial charge in [0.15, 0.2) is 0 Å². The fraction of sp³-hybridized carbons (Fsp3) is 0.261. The van der Waals surface area contributed by atoms with E-state index in [0.717, 1.165) is 23.4 Å². The molecule has 1 atom stereocenters. The molecule has 0 saturated carbocycles. The molecular weight excluding hydrogens is 350 g/mol. The predicted octanol–water partition coefficient (Wildman–Crippen LogP) is 3.95. The van der Waals surface area contributed by atoms with Crippen LogP contribution in [0, 0.1) is 0 Å². The first-order chi connectivity index (χ1) is 13.7. The van der Waals surface area contributed by atoms with Gasteiger partial charge in [-0.25, -0.2) is 4.98 Å². The van der Waals surface area contributed by atoms with Gasteiger partial charge in [-0.1, -0.05) is 36.4 Å². The third kappa shape index (κ3) is 5.09. The highest BCUT2D eigenvalue weighted by atomic mass is 16.5. The Bertz CT molecular complexity index is 867. The minimum atomic E-state index is 0.271. The highest BCUT2D eigenvalue weighted by Gasteiger charge is 2.10. The fourth-order valence-corrected chi connectivity index (χ4v) is 3.01. The molecule has 0 aliphatic carbocycles. The Balaban J connectivity index is 1.74. The molecule has 0 aliphatic heterocycles. The Morgan fingerprint density at radius 1 is 1.07 bits per heavy atom. The molecule has 3 N–H and O–H groups in total. The number of nitrogens with zero attached hydrogens (tertiary/aromatic N) is 1. The molecule has 3 rings (SSSR count). The normalized spacial score (nSPS) is 11.8. The van der Waals surface area contributed by atoms with E-state index in [2.05, 4.69) is 53.6 Å². The molecule has 0 aliphatic rings. The van der Waals surface area contributed by atoms with Crippen LogP contribution in [-0.4, -0.2) is 25.2 Å². The lowest BCUT2D eigenvalue weighted by Crippen LogP contribution is -2.18. The van der Waals surface area contributed by atoms with Gasteiger partial charge in [0.2, 0.25) is 5.88 Å². The van der Waals surface area contributed by atoms with Gasteiger partial charge in [-0.05, 0) is 36.2 Å². The van der Waals surface area contributed by atoms with E-state index in [9.17, 15) is 0 Å². The lowest BCUT2D eigenvalue weighted by molar-refractivity contribution is 0.316. The van der Waals surface area contributed by atoms with Crippen molar-refractivity contribution >= 4 is 0 Å². The van der Waals surface area contributed by atoms with Crippen LogP contribution in [-0.2, 0) is 6.54 Å². The summed E-state index contributed by atoms with van der Waals surface area (Å²) in [5.74, 6) is 1.39. The molecule has 0 amide bonds. The second kappa shape index (κ2) is 9.88. The third-order valence-electron chi connectivity index (χ3n) is 4.59. The van der Waals surface area contributed by atoms with Crippen molar-refractivity contribution in [1.29, 1.82) is 0 Å². The van der Waals surface area contributed by atoms with Gasteiger partial charge < -0.3 is 20.5 Å². The summed E-state index contributed by atoms with van der Waals surface area (Å²) in [4.78, 5) is 4.36. The summed E-state index contributed by atoms with van der Waals surface area (Å²) in [6.07, 6.45) is 1.80. The van der Waals surface area contributed by atoms with Gasteiger partial charge in [0.1, 0.15) is 12.4 Å². The van der Waals surface area contributed by atoms with Crippen LogP contribution in [0.3, 0.4) is 0 Å². The average molecular weight is 377 g/mol. The van der Waals surface area contributed by atoms with Gasteiger partial charge in [0.05, 0.1) is 7.11 Å². The summed E-state index contributed by atoms with van der Waals surface area (Å²) >= 11 is 0. The van der Waals surface area contributed by atoms with E-state index in [1.165, 1.54) is 11.1 Å². The maximum absolute atomic E-state index is 5.55. The number of rotatable bonds is 9. The molecule has 28 heavy (non-hydrogen) atoms. The van der Waals surface area contributed by atoms with Gasteiger partial charge in [0, 0.05) is 42.5 Å². The van der Waals surface area contributed by atoms with Gasteiger partial charge in [-0.15, -0.1) is 0 Å². The zero-order valence-corrected chi connectivity index (χ0v) is 16.4. The quantitative estimate of drug-likeness (QED) is 0.591. The summed E-state index contributed by atoms with van der Waals surface area (Å²) < 4.78 is 11.0. The summed E-state index contributed by atoms with van der Waals surface area (Å²) in [6, 6.07) is 20.8. The van der Waals surface area contributed by atoms with Crippen LogP contribution in [0.2, 0.25) is 0 Å². The minimum Gasteiger partial charge on any atom is -0.496 e. The maximum Gasteiger partial charge on any atom is 0.213 e. The summed E-state index contributed by atoms with van der Waals surface area (Å²) in [6.45, 7) is 3.85. The molecule has 146 valence electrons. The second-order valence-corrected chi connectivity index (χ2v) is 6.57. The van der Waals surface area contributed by atoms with Crippen LogP contribution in [0.1, 0.15) is 24.1 Å². The first kappa shape index (κ1) is 19.9. The topological polar surface area (TPSA) is 69.4 Å². The smallest absolute Gasteiger partial charge is 0.213 e. The van der Waals surface area contributed by atoms with Crippen molar-refractivity contribution in [2.45, 2.75) is 19.5 Å². The highest BCUT2D eigenvalue weighted by molar-refractivity contribution is 5.70. The molecule has 0 saturated heterocycles. The molecule has 0 unspecified atom stereocenters. The monoisotopic (exact) mass is 377 g/mol. The Hall–Kier alpha value is -2.89. The molecule has 3 aromatic rings. The number of ether oxygens (including phenoxy) is 2. The van der Waals surface area contributed by atoms with Crippen LogP contribution in [0.25, 0.3) is 11.1 Å². The van der Waals surface area contributed by atoms with Crippen LogP contribution in [0.5, 0.6) is 11.6 Å². The highest BCUT2D eigenvalue weighted by Crippen LogP contribution is 2.31. The van der Waals surface area contributed by atoms with Crippen molar-refractivity contribution in [3.8, 4) is 22.8 Å². The van der Waals surface area contributed by atoms with E-state index in [1.807, 2.05) is 24.3 Å². The second-order valence-electron chi connectivity index (χ2n) is 6.57. The van der Waals surface area contributed by atoms with E-state index in [-0.39, 0.29) is 6.04 Å². The Morgan fingerprint density at radius 3 is 2.57 bits per heavy atom. The van der Waals surface area contributed by atoms with E-state index < -0.39 is 0 Å². The zero-order chi connectivity index (χ0) is 19.8. The molecule has 1 heterocycles. The third-order valence-corrected chi connectivity index (χ3v) is 4.59. The number of methoxy groups -OCH3 is 1. The molecule has 1 aromatic heterocycles. The summed E-state index contributed by atoms with van der Waals surface area (Å²) in [5, 5.41) is 3.58. The van der Waals surface area contributed by atoms with Crippen molar-refractivity contribution in [2.75, 3.05) is 20.3 Å². The van der Waals surface area contributed by atoms with E-state index in [0.29, 0.717) is 19.0 Å². The van der Waals surface area contributed by atoms with Crippen molar-refractivity contribution in [2.24, 2.45) is 5.73 Å². The van der Waals surface area contributed by atoms with Gasteiger partial charge in [-0.3, -0.25) is 0 Å². The van der Waals surface area contributed by atoms with Crippen molar-refractivity contribution in [3.63, 3.8) is 0 Å². The van der Waals surface area contributed by atoms with Gasteiger partial charge in [-0.2, -0.15) is 0 Å². The van der Waals surface area contributed by atoms with Gasteiger partial charge in [0.25, 0.3) is 0 Å². The predicted molar refractivity (Wildman–Crippen MR) is 112 cm³/mol. The molecule has 5 nitrogen and oxygen atoms in total. The first-order valence-corrected chi connectivity index (χ1v) is 9.46. The van der Waals surface area contributed by atoms with Gasteiger partial charge >= 0.3 is 0 Å². The first-order valence-electron chi connectivity index (χ1n) is 9.46. The lowest BCUT2D eigenvalue weighted by Gasteiger charge is -2.16. The number of aromatic nitrogens is 1. The Labute approximate surface area is 166 Å². The molecule has 0 spiro atoms. The standard InChI is InChI=1S/C23H27N3O2/c1-17(19-6-4-3-5-7-19)25-15-18-8-10-22(27-2)21(14-18)20-9-11-23(26-16-20)28-13-12-24/h3-11,14,16-17,25H,12-13,15,24H2,1-2H3/t17-/m1/s1. The van der Waals surface area contributed by atoms with Crippen molar-refractivity contribution < 1.29 is 9.47 Å². The molecular formula is C23H27N3O2. The van der Waals surface area contributed by atoms with Crippen molar-refractivity contribution in [1.82, 2.24) is 10.3 Å². The molecule has 5 heteroatoms.